The van der Waals surface area contributed by atoms with Crippen LogP contribution < -0.4 is 10.1 Å². The number of nitrogens with one attached hydrogen (secondary N) is 1. The zero-order valence-electron chi connectivity index (χ0n) is 9.20. The van der Waals surface area contributed by atoms with E-state index in [-0.39, 0.29) is 5.91 Å². The van der Waals surface area contributed by atoms with Crippen LogP contribution in [0, 0.1) is 0 Å². The monoisotopic (exact) mass is 205 g/mol. The molecule has 0 aliphatic carbocycles. The van der Waals surface area contributed by atoms with Crippen LogP contribution in [0.1, 0.15) is 13.8 Å². The molecule has 3 heteroatoms. The number of hydrogen-bond donors (Lipinski definition) is 1. The molecule has 0 bridgehead atoms. The van der Waals surface area contributed by atoms with Gasteiger partial charge in [0.05, 0.1) is 7.11 Å². The van der Waals surface area contributed by atoms with Gasteiger partial charge in [-0.1, -0.05) is 6.08 Å². The number of carbonyl (C=O) groups excluding carboxylic acids is 1. The second-order valence-corrected chi connectivity index (χ2v) is 3.15. The first-order valence-corrected chi connectivity index (χ1v) is 4.75. The second-order valence-electron chi connectivity index (χ2n) is 3.15. The van der Waals surface area contributed by atoms with Crippen LogP contribution in [0.5, 0.6) is 5.75 Å². The molecule has 1 amide bonds. The van der Waals surface area contributed by atoms with Gasteiger partial charge in [-0.3, -0.25) is 4.79 Å². The van der Waals surface area contributed by atoms with Gasteiger partial charge in [0.25, 0.3) is 5.91 Å². The smallest absolute Gasteiger partial charge is 0.250 e. The molecule has 0 atom stereocenters. The number of rotatable bonds is 3. The van der Waals surface area contributed by atoms with Crippen molar-refractivity contribution in [3.63, 3.8) is 0 Å². The van der Waals surface area contributed by atoms with Crippen LogP contribution in [-0.2, 0) is 4.79 Å². The molecule has 1 N–H and O–H groups in total. The SMILES string of the molecule is CC=C(C)C(=O)Nc1ccc(OC)cc1. The van der Waals surface area contributed by atoms with Gasteiger partial charge in [0, 0.05) is 11.3 Å². The zero-order chi connectivity index (χ0) is 11.3. The lowest BCUT2D eigenvalue weighted by Gasteiger charge is -2.05. The maximum absolute atomic E-state index is 11.5. The van der Waals surface area contributed by atoms with E-state index in [2.05, 4.69) is 5.32 Å². The van der Waals surface area contributed by atoms with Crippen molar-refractivity contribution < 1.29 is 9.53 Å². The zero-order valence-corrected chi connectivity index (χ0v) is 9.20. The Bertz CT molecular complexity index is 366. The van der Waals surface area contributed by atoms with Gasteiger partial charge in [-0.15, -0.1) is 0 Å². The van der Waals surface area contributed by atoms with Crippen LogP contribution in [0.3, 0.4) is 0 Å². The molecule has 0 saturated carbocycles. The Morgan fingerprint density at radius 2 is 1.93 bits per heavy atom. The Morgan fingerprint density at radius 3 is 2.40 bits per heavy atom. The molecule has 0 unspecified atom stereocenters. The van der Waals surface area contributed by atoms with E-state index in [0.29, 0.717) is 5.57 Å². The predicted molar refractivity (Wildman–Crippen MR) is 61.1 cm³/mol. The van der Waals surface area contributed by atoms with E-state index in [1.54, 1.807) is 44.4 Å². The summed E-state index contributed by atoms with van der Waals surface area (Å²) in [6.45, 7) is 3.61. The Labute approximate surface area is 89.8 Å². The fourth-order valence-corrected chi connectivity index (χ4v) is 1.04. The van der Waals surface area contributed by atoms with E-state index in [4.69, 9.17) is 4.74 Å². The number of amides is 1. The highest BCUT2D eigenvalue weighted by molar-refractivity contribution is 6.03. The van der Waals surface area contributed by atoms with Crippen molar-refractivity contribution in [2.24, 2.45) is 0 Å². The molecule has 1 rings (SSSR count). The lowest BCUT2D eigenvalue weighted by atomic mass is 10.2. The highest BCUT2D eigenvalue weighted by Crippen LogP contribution is 2.15. The highest BCUT2D eigenvalue weighted by atomic mass is 16.5. The van der Waals surface area contributed by atoms with Crippen molar-refractivity contribution in [1.29, 1.82) is 0 Å². The first-order chi connectivity index (χ1) is 7.17. The Balaban J connectivity index is 2.69. The Morgan fingerprint density at radius 1 is 1.33 bits per heavy atom. The minimum Gasteiger partial charge on any atom is -0.497 e. The number of anilines is 1. The minimum absolute atomic E-state index is 0.0809. The number of allylic oxidation sites excluding steroid dienone is 1. The van der Waals surface area contributed by atoms with Gasteiger partial charge in [-0.25, -0.2) is 0 Å². The molecule has 0 spiro atoms. The summed E-state index contributed by atoms with van der Waals surface area (Å²) >= 11 is 0. The van der Waals surface area contributed by atoms with E-state index >= 15 is 0 Å². The van der Waals surface area contributed by atoms with Gasteiger partial charge >= 0.3 is 0 Å². The third-order valence-corrected chi connectivity index (χ3v) is 2.14. The molecule has 0 aliphatic heterocycles. The van der Waals surface area contributed by atoms with E-state index in [9.17, 15) is 4.79 Å². The van der Waals surface area contributed by atoms with Crippen molar-refractivity contribution in [2.75, 3.05) is 12.4 Å². The summed E-state index contributed by atoms with van der Waals surface area (Å²) in [7, 11) is 1.61. The van der Waals surface area contributed by atoms with Crippen LogP contribution in [0.4, 0.5) is 5.69 Å². The van der Waals surface area contributed by atoms with Gasteiger partial charge in [0.2, 0.25) is 0 Å². The molecular weight excluding hydrogens is 190 g/mol. The molecule has 80 valence electrons. The van der Waals surface area contributed by atoms with Crippen molar-refractivity contribution in [1.82, 2.24) is 0 Å². The first-order valence-electron chi connectivity index (χ1n) is 4.75. The number of carbonyl (C=O) groups is 1. The molecule has 0 aliphatic rings. The summed E-state index contributed by atoms with van der Waals surface area (Å²) in [5.74, 6) is 0.693. The lowest BCUT2D eigenvalue weighted by Crippen LogP contribution is -2.12. The van der Waals surface area contributed by atoms with Crippen LogP contribution >= 0.6 is 0 Å². The average Bonchev–Trinajstić information content (AvgIpc) is 2.29. The number of methoxy groups -OCH3 is 1. The maximum atomic E-state index is 11.5. The summed E-state index contributed by atoms with van der Waals surface area (Å²) < 4.78 is 5.02. The van der Waals surface area contributed by atoms with E-state index in [0.717, 1.165) is 11.4 Å². The molecule has 0 radical (unpaired) electrons. The van der Waals surface area contributed by atoms with Crippen molar-refractivity contribution in [2.45, 2.75) is 13.8 Å². The van der Waals surface area contributed by atoms with Crippen molar-refractivity contribution in [3.05, 3.63) is 35.9 Å². The highest BCUT2D eigenvalue weighted by Gasteiger charge is 2.03. The van der Waals surface area contributed by atoms with Gasteiger partial charge in [0.1, 0.15) is 5.75 Å². The largest absolute Gasteiger partial charge is 0.497 e. The molecule has 0 fully saturated rings. The fourth-order valence-electron chi connectivity index (χ4n) is 1.04. The van der Waals surface area contributed by atoms with Crippen LogP contribution in [0.25, 0.3) is 0 Å². The molecule has 0 saturated heterocycles. The maximum Gasteiger partial charge on any atom is 0.250 e. The van der Waals surface area contributed by atoms with E-state index in [1.165, 1.54) is 0 Å². The Kier molecular flexibility index (Phi) is 3.92. The van der Waals surface area contributed by atoms with Crippen LogP contribution in [0.2, 0.25) is 0 Å². The van der Waals surface area contributed by atoms with E-state index < -0.39 is 0 Å². The normalized spacial score (nSPS) is 11.0. The van der Waals surface area contributed by atoms with Gasteiger partial charge < -0.3 is 10.1 Å². The van der Waals surface area contributed by atoms with Crippen LogP contribution in [0.15, 0.2) is 35.9 Å². The number of ether oxygens (including phenoxy) is 1. The first kappa shape index (κ1) is 11.3. The van der Waals surface area contributed by atoms with Crippen molar-refractivity contribution in [3.8, 4) is 5.75 Å². The molecule has 1 aromatic carbocycles. The molecular formula is C12H15NO2. The topological polar surface area (TPSA) is 38.3 Å². The van der Waals surface area contributed by atoms with Crippen LogP contribution in [-0.4, -0.2) is 13.0 Å². The summed E-state index contributed by atoms with van der Waals surface area (Å²) in [5.41, 5.74) is 1.47. The minimum atomic E-state index is -0.0809. The second kappa shape index (κ2) is 5.20. The molecule has 0 aromatic heterocycles. The lowest BCUT2D eigenvalue weighted by molar-refractivity contribution is -0.112. The molecule has 0 heterocycles. The summed E-state index contributed by atoms with van der Waals surface area (Å²) in [4.78, 5) is 11.5. The summed E-state index contributed by atoms with van der Waals surface area (Å²) in [6, 6.07) is 7.22. The van der Waals surface area contributed by atoms with Crippen molar-refractivity contribution >= 4 is 11.6 Å². The van der Waals surface area contributed by atoms with E-state index in [1.807, 2.05) is 6.92 Å². The van der Waals surface area contributed by atoms with Gasteiger partial charge in [0.15, 0.2) is 0 Å². The van der Waals surface area contributed by atoms with Gasteiger partial charge in [-0.05, 0) is 38.1 Å². The third kappa shape index (κ3) is 3.13. The quantitative estimate of drug-likeness (QED) is 0.770. The molecule has 15 heavy (non-hydrogen) atoms. The fraction of sp³-hybridized carbons (Fsp3) is 0.250. The predicted octanol–water partition coefficient (Wildman–Crippen LogP) is 2.60. The average molecular weight is 205 g/mol. The molecule has 1 aromatic rings. The molecule has 3 nitrogen and oxygen atoms in total. The standard InChI is InChI=1S/C12H15NO2/c1-4-9(2)12(14)13-10-5-7-11(15-3)8-6-10/h4-8H,1-3H3,(H,13,14). The Hall–Kier alpha value is -1.77. The number of hydrogen-bond acceptors (Lipinski definition) is 2. The van der Waals surface area contributed by atoms with Gasteiger partial charge in [-0.2, -0.15) is 0 Å². The number of benzene rings is 1. The third-order valence-electron chi connectivity index (χ3n) is 2.14. The summed E-state index contributed by atoms with van der Waals surface area (Å²) in [6.07, 6.45) is 1.78. The summed E-state index contributed by atoms with van der Waals surface area (Å²) in [5, 5.41) is 2.78.